The zero-order chi connectivity index (χ0) is 15.1. The van der Waals surface area contributed by atoms with Crippen LogP contribution in [0.15, 0.2) is 29.3 Å². The minimum absolute atomic E-state index is 0.135. The number of rotatable bonds is 2. The number of nitro groups is 1. The molecular formula is C11H11N3O6. The van der Waals surface area contributed by atoms with Crippen LogP contribution in [0, 0.1) is 10.1 Å². The van der Waals surface area contributed by atoms with E-state index in [0.717, 1.165) is 14.2 Å². The predicted molar refractivity (Wildman–Crippen MR) is 67.6 cm³/mol. The highest BCUT2D eigenvalue weighted by Gasteiger charge is 2.13. The Labute approximate surface area is 113 Å². The summed E-state index contributed by atoms with van der Waals surface area (Å²) >= 11 is 0. The van der Waals surface area contributed by atoms with Crippen LogP contribution in [0.3, 0.4) is 0 Å². The molecule has 0 aliphatic carbocycles. The molecule has 2 amide bonds. The minimum atomic E-state index is -0.935. The smallest absolute Gasteiger partial charge is 0.435 e. The Morgan fingerprint density at radius 2 is 1.80 bits per heavy atom. The van der Waals surface area contributed by atoms with Gasteiger partial charge in [-0.25, -0.2) is 9.59 Å². The van der Waals surface area contributed by atoms with Crippen LogP contribution in [-0.2, 0) is 9.47 Å². The zero-order valence-corrected chi connectivity index (χ0v) is 10.7. The Hall–Kier alpha value is -2.97. The molecule has 0 saturated heterocycles. The molecule has 0 spiro atoms. The molecule has 0 unspecified atom stereocenters. The number of ether oxygens (including phenoxy) is 2. The molecule has 0 aliphatic rings. The normalized spacial score (nSPS) is 10.6. The van der Waals surface area contributed by atoms with Crippen molar-refractivity contribution in [2.24, 2.45) is 4.99 Å². The molecule has 1 rings (SSSR count). The van der Waals surface area contributed by atoms with Crippen molar-refractivity contribution >= 4 is 23.7 Å². The molecule has 1 N–H and O–H groups in total. The molecule has 0 aliphatic heterocycles. The van der Waals surface area contributed by atoms with E-state index in [1.54, 1.807) is 0 Å². The fraction of sp³-hybridized carbons (Fsp3) is 0.182. The number of hydrogen-bond donors (Lipinski definition) is 1. The highest BCUT2D eigenvalue weighted by molar-refractivity contribution is 6.09. The highest BCUT2D eigenvalue weighted by atomic mass is 16.6. The number of benzene rings is 1. The maximum atomic E-state index is 11.2. The van der Waals surface area contributed by atoms with E-state index in [1.165, 1.54) is 24.3 Å². The number of amidine groups is 1. The molecule has 9 heteroatoms. The number of non-ortho nitro benzene ring substituents is 1. The lowest BCUT2D eigenvalue weighted by Gasteiger charge is -2.07. The summed E-state index contributed by atoms with van der Waals surface area (Å²) in [6, 6.07) is 5.08. The Morgan fingerprint density at radius 3 is 2.25 bits per heavy atom. The molecule has 1 aromatic rings. The number of carbonyl (C=O) groups is 2. The van der Waals surface area contributed by atoms with Crippen molar-refractivity contribution in [1.82, 2.24) is 5.32 Å². The van der Waals surface area contributed by atoms with Gasteiger partial charge >= 0.3 is 12.2 Å². The number of aliphatic imine (C=N–C) groups is 1. The lowest BCUT2D eigenvalue weighted by Crippen LogP contribution is -2.31. The third kappa shape index (κ3) is 4.05. The topological polar surface area (TPSA) is 120 Å². The lowest BCUT2D eigenvalue weighted by atomic mass is 10.2. The fourth-order valence-electron chi connectivity index (χ4n) is 1.19. The van der Waals surface area contributed by atoms with Gasteiger partial charge in [-0.3, -0.25) is 15.4 Å². The monoisotopic (exact) mass is 281 g/mol. The lowest BCUT2D eigenvalue weighted by molar-refractivity contribution is -0.384. The van der Waals surface area contributed by atoms with Crippen LogP contribution < -0.4 is 5.32 Å². The Morgan fingerprint density at radius 1 is 1.20 bits per heavy atom. The molecule has 0 saturated carbocycles. The van der Waals surface area contributed by atoms with Crippen molar-refractivity contribution < 1.29 is 24.0 Å². The number of amides is 2. The van der Waals surface area contributed by atoms with Gasteiger partial charge < -0.3 is 9.47 Å². The average Bonchev–Trinajstić information content (AvgIpc) is 2.46. The summed E-state index contributed by atoms with van der Waals surface area (Å²) in [5.74, 6) is -0.140. The standard InChI is InChI=1S/C11H11N3O6/c1-19-10(15)12-9(13-11(16)20-2)7-3-5-8(6-4-7)14(17)18/h3-6H,1-2H3,(H,12,13,15,16). The number of carbonyl (C=O) groups excluding carboxylic acids is 2. The summed E-state index contributed by atoms with van der Waals surface area (Å²) < 4.78 is 8.74. The number of nitrogens with zero attached hydrogens (tertiary/aromatic N) is 2. The second kappa shape index (κ2) is 6.83. The van der Waals surface area contributed by atoms with Crippen LogP contribution >= 0.6 is 0 Å². The Kier molecular flexibility index (Phi) is 5.15. The summed E-state index contributed by atoms with van der Waals surface area (Å²) in [6.45, 7) is 0. The summed E-state index contributed by atoms with van der Waals surface area (Å²) in [5, 5.41) is 12.8. The van der Waals surface area contributed by atoms with Crippen LogP contribution in [0.5, 0.6) is 0 Å². The highest BCUT2D eigenvalue weighted by Crippen LogP contribution is 2.12. The first-order chi connectivity index (χ1) is 9.47. The van der Waals surface area contributed by atoms with Gasteiger partial charge in [0.15, 0.2) is 0 Å². The number of alkyl carbamates (subject to hydrolysis) is 1. The number of nitrogens with one attached hydrogen (secondary N) is 1. The van der Waals surface area contributed by atoms with Crippen LogP contribution in [0.4, 0.5) is 15.3 Å². The van der Waals surface area contributed by atoms with Gasteiger partial charge in [0.25, 0.3) is 5.69 Å². The van der Waals surface area contributed by atoms with E-state index in [1.807, 2.05) is 0 Å². The molecular weight excluding hydrogens is 270 g/mol. The molecule has 1 aromatic carbocycles. The number of nitro benzene ring substituents is 1. The van der Waals surface area contributed by atoms with Crippen molar-refractivity contribution in [3.8, 4) is 0 Å². The van der Waals surface area contributed by atoms with Crippen molar-refractivity contribution in [2.45, 2.75) is 0 Å². The summed E-state index contributed by atoms with van der Waals surface area (Å²) in [5.41, 5.74) is 0.149. The van der Waals surface area contributed by atoms with E-state index in [9.17, 15) is 19.7 Å². The number of methoxy groups -OCH3 is 2. The second-order valence-electron chi connectivity index (χ2n) is 3.35. The molecule has 20 heavy (non-hydrogen) atoms. The predicted octanol–water partition coefficient (Wildman–Crippen LogP) is 1.46. The maximum Gasteiger partial charge on any atom is 0.435 e. The molecule has 0 bridgehead atoms. The molecule has 9 nitrogen and oxygen atoms in total. The van der Waals surface area contributed by atoms with Gasteiger partial charge in [-0.2, -0.15) is 4.99 Å². The fourth-order valence-corrected chi connectivity index (χ4v) is 1.19. The Balaban J connectivity index is 3.09. The third-order valence-electron chi connectivity index (χ3n) is 2.14. The average molecular weight is 281 g/mol. The first kappa shape index (κ1) is 15.1. The summed E-state index contributed by atoms with van der Waals surface area (Å²) in [4.78, 5) is 35.8. The third-order valence-corrected chi connectivity index (χ3v) is 2.14. The van der Waals surface area contributed by atoms with Gasteiger partial charge in [0.1, 0.15) is 5.84 Å². The Bertz CT molecular complexity index is 552. The quantitative estimate of drug-likeness (QED) is 0.379. The van der Waals surface area contributed by atoms with Gasteiger partial charge in [-0.05, 0) is 12.1 Å². The van der Waals surface area contributed by atoms with Crippen molar-refractivity contribution in [1.29, 1.82) is 0 Å². The van der Waals surface area contributed by atoms with Gasteiger partial charge in [-0.15, -0.1) is 0 Å². The second-order valence-corrected chi connectivity index (χ2v) is 3.35. The van der Waals surface area contributed by atoms with Gasteiger partial charge in [0, 0.05) is 17.7 Å². The van der Waals surface area contributed by atoms with E-state index < -0.39 is 17.1 Å². The number of hydrogen-bond acceptors (Lipinski definition) is 6. The van der Waals surface area contributed by atoms with Crippen LogP contribution in [0.25, 0.3) is 0 Å². The van der Waals surface area contributed by atoms with Crippen LogP contribution in [0.1, 0.15) is 5.56 Å². The SMILES string of the molecule is COC(=O)N=C(NC(=O)OC)c1ccc([N+](=O)[O-])cc1. The molecule has 0 fully saturated rings. The van der Waals surface area contributed by atoms with E-state index in [0.29, 0.717) is 0 Å². The first-order valence-corrected chi connectivity index (χ1v) is 5.24. The minimum Gasteiger partial charge on any atom is -0.453 e. The van der Waals surface area contributed by atoms with E-state index in [2.05, 4.69) is 19.8 Å². The van der Waals surface area contributed by atoms with Crippen molar-refractivity contribution in [3.05, 3.63) is 39.9 Å². The summed E-state index contributed by atoms with van der Waals surface area (Å²) in [6.07, 6.45) is -1.78. The van der Waals surface area contributed by atoms with E-state index >= 15 is 0 Å². The molecule has 0 atom stereocenters. The van der Waals surface area contributed by atoms with Gasteiger partial charge in [0.2, 0.25) is 0 Å². The maximum absolute atomic E-state index is 11.2. The molecule has 0 heterocycles. The summed E-state index contributed by atoms with van der Waals surface area (Å²) in [7, 11) is 2.26. The largest absolute Gasteiger partial charge is 0.453 e. The molecule has 106 valence electrons. The molecule has 0 radical (unpaired) electrons. The van der Waals surface area contributed by atoms with Gasteiger partial charge in [0.05, 0.1) is 19.1 Å². The van der Waals surface area contributed by atoms with Crippen molar-refractivity contribution in [2.75, 3.05) is 14.2 Å². The van der Waals surface area contributed by atoms with Crippen molar-refractivity contribution in [3.63, 3.8) is 0 Å². The first-order valence-electron chi connectivity index (χ1n) is 5.24. The van der Waals surface area contributed by atoms with E-state index in [-0.39, 0.29) is 17.1 Å². The van der Waals surface area contributed by atoms with E-state index in [4.69, 9.17) is 0 Å². The van der Waals surface area contributed by atoms with Gasteiger partial charge in [-0.1, -0.05) is 0 Å². The van der Waals surface area contributed by atoms with Crippen LogP contribution in [-0.4, -0.2) is 37.2 Å². The zero-order valence-electron chi connectivity index (χ0n) is 10.7. The van der Waals surface area contributed by atoms with Crippen LogP contribution in [0.2, 0.25) is 0 Å². The molecule has 0 aromatic heterocycles.